The SMILES string of the molecule is CC(/C=C(/C)[O-])=NCCc1ccccn1.C[Si](C)(C)[N-][Si](C)(C)C.C[Si](C)(C)[N-][Si](C)(C)C.[Nd+3]. The molecule has 34 heavy (non-hydrogen) atoms. The second-order valence-electron chi connectivity index (χ2n) is 12.3. The molecule has 0 N–H and O–H groups in total. The summed E-state index contributed by atoms with van der Waals surface area (Å²) in [5.74, 6) is 0.0362. The number of aromatic nitrogens is 1. The molecule has 5 nitrogen and oxygen atoms in total. The second-order valence-corrected chi connectivity index (χ2v) is 31.4. The molecule has 1 rings (SSSR count). The fourth-order valence-electron chi connectivity index (χ4n) is 3.25. The first-order valence-electron chi connectivity index (χ1n) is 11.8. The van der Waals surface area contributed by atoms with Crippen LogP contribution in [0.4, 0.5) is 0 Å². The molecule has 1 aromatic rings. The molecule has 0 aliphatic heterocycles. The summed E-state index contributed by atoms with van der Waals surface area (Å²) in [5.41, 5.74) is 1.80. The molecule has 10 heteroatoms. The molecule has 0 bridgehead atoms. The van der Waals surface area contributed by atoms with Crippen LogP contribution in [0.3, 0.4) is 0 Å². The summed E-state index contributed by atoms with van der Waals surface area (Å²) in [4.78, 5) is 8.45. The Bertz CT molecular complexity index is 664. The largest absolute Gasteiger partial charge is 3.00 e. The second kappa shape index (κ2) is 17.9. The summed E-state index contributed by atoms with van der Waals surface area (Å²) in [6, 6.07) is 5.82. The molecule has 0 saturated carbocycles. The van der Waals surface area contributed by atoms with Gasteiger partial charge in [0, 0.05) is 30.6 Å². The Morgan fingerprint density at radius 1 is 0.824 bits per heavy atom. The molecule has 1 aromatic heterocycles. The van der Waals surface area contributed by atoms with E-state index in [1.807, 2.05) is 25.1 Å². The number of rotatable bonds is 8. The van der Waals surface area contributed by atoms with Crippen LogP contribution in [-0.2, 0) is 6.42 Å². The number of hydrogen-bond acceptors (Lipinski definition) is 3. The van der Waals surface area contributed by atoms with Crippen molar-refractivity contribution in [1.82, 2.24) is 4.98 Å². The van der Waals surface area contributed by atoms with Gasteiger partial charge in [0.15, 0.2) is 0 Å². The van der Waals surface area contributed by atoms with Gasteiger partial charge < -0.3 is 14.4 Å². The van der Waals surface area contributed by atoms with Gasteiger partial charge in [0.05, 0.1) is 0 Å². The van der Waals surface area contributed by atoms with E-state index in [0.29, 0.717) is 6.54 Å². The van der Waals surface area contributed by atoms with E-state index in [2.05, 4.69) is 88.5 Å². The topological polar surface area (TPSA) is 76.5 Å². The molecule has 0 saturated heterocycles. The third-order valence-corrected chi connectivity index (χ3v) is 13.9. The number of nitrogens with zero attached hydrogens (tertiary/aromatic N) is 4. The zero-order valence-corrected chi connectivity index (χ0v) is 31.7. The van der Waals surface area contributed by atoms with Gasteiger partial charge in [-0.15, -0.1) is 5.76 Å². The maximum atomic E-state index is 10.7. The van der Waals surface area contributed by atoms with Gasteiger partial charge in [-0.2, -0.15) is 0 Å². The standard InChI is InChI=1S/C12H16N2O.2C6H18NSi2.Nd/c1-10(9-11(2)15)13-8-6-12-5-3-4-7-14-12;2*1-8(2,3)7-9(4,5)6;/h3-5,7,9,15H,6,8H2,1-2H3;2*1-6H3;/q;2*-1;+3/p-1/b11-9-,13-10?;;;. The van der Waals surface area contributed by atoms with E-state index in [9.17, 15) is 5.11 Å². The Balaban J connectivity index is -0.000000443. The average molecular weight is 668 g/mol. The van der Waals surface area contributed by atoms with Crippen LogP contribution in [-0.4, -0.2) is 50.2 Å². The molecular formula is C24H51N4NdOSi4. The number of allylic oxidation sites excluding steroid dienone is 2. The van der Waals surface area contributed by atoms with Crippen LogP contribution in [0.2, 0.25) is 78.6 Å². The molecule has 0 fully saturated rings. The minimum Gasteiger partial charge on any atom is -0.876 e. The van der Waals surface area contributed by atoms with E-state index < -0.39 is 32.9 Å². The van der Waals surface area contributed by atoms with Gasteiger partial charge in [0.2, 0.25) is 0 Å². The number of hydrogen-bond donors (Lipinski definition) is 0. The fraction of sp³-hybridized carbons (Fsp3) is 0.667. The van der Waals surface area contributed by atoms with Crippen LogP contribution in [0, 0.1) is 40.8 Å². The Morgan fingerprint density at radius 2 is 1.24 bits per heavy atom. The normalized spacial score (nSPS) is 13.1. The monoisotopic (exact) mass is 665 g/mol. The first-order valence-corrected chi connectivity index (χ1v) is 25.6. The third kappa shape index (κ3) is 34.7. The molecule has 0 spiro atoms. The molecule has 0 aliphatic carbocycles. The minimum absolute atomic E-state index is 0. The van der Waals surface area contributed by atoms with Gasteiger partial charge in [-0.3, -0.25) is 9.98 Å². The van der Waals surface area contributed by atoms with Crippen LogP contribution >= 0.6 is 0 Å². The molecule has 1 heterocycles. The zero-order chi connectivity index (χ0) is 26.5. The first kappa shape index (κ1) is 39.0. The fourth-order valence-corrected chi connectivity index (χ4v) is 19.3. The van der Waals surface area contributed by atoms with Crippen LogP contribution in [0.25, 0.3) is 9.30 Å². The van der Waals surface area contributed by atoms with E-state index >= 15 is 0 Å². The van der Waals surface area contributed by atoms with Crippen molar-refractivity contribution in [1.29, 1.82) is 0 Å². The summed E-state index contributed by atoms with van der Waals surface area (Å²) in [6.07, 6.45) is 4.12. The van der Waals surface area contributed by atoms with Gasteiger partial charge in [-0.25, -0.2) is 0 Å². The molecule has 0 unspecified atom stereocenters. The van der Waals surface area contributed by atoms with Gasteiger partial charge in [0.25, 0.3) is 0 Å². The Morgan fingerprint density at radius 3 is 1.50 bits per heavy atom. The summed E-state index contributed by atoms with van der Waals surface area (Å²) in [7, 11) is -4.42. The van der Waals surface area contributed by atoms with Crippen LogP contribution in [0.15, 0.2) is 41.2 Å². The summed E-state index contributed by atoms with van der Waals surface area (Å²) < 4.78 is 9.64. The maximum Gasteiger partial charge on any atom is 3.00 e. The van der Waals surface area contributed by atoms with Crippen molar-refractivity contribution in [2.75, 3.05) is 6.54 Å². The maximum absolute atomic E-state index is 10.7. The quantitative estimate of drug-likeness (QED) is 0.165. The molecular weight excluding hydrogens is 617 g/mol. The van der Waals surface area contributed by atoms with Gasteiger partial charge in [-0.1, -0.05) is 131 Å². The van der Waals surface area contributed by atoms with Gasteiger partial charge in [0.1, 0.15) is 0 Å². The van der Waals surface area contributed by atoms with Crippen molar-refractivity contribution >= 4 is 38.7 Å². The Labute approximate surface area is 249 Å². The van der Waals surface area contributed by atoms with E-state index in [1.165, 1.54) is 6.92 Å². The van der Waals surface area contributed by atoms with Crippen molar-refractivity contribution in [2.24, 2.45) is 4.99 Å². The predicted molar refractivity (Wildman–Crippen MR) is 160 cm³/mol. The summed E-state index contributed by atoms with van der Waals surface area (Å²) in [5, 5.41) is 10.7. The molecule has 0 aliphatic rings. The van der Waals surface area contributed by atoms with Crippen molar-refractivity contribution in [3.05, 3.63) is 51.2 Å². The molecule has 0 atom stereocenters. The average Bonchev–Trinajstić information content (AvgIpc) is 2.49. The Kier molecular flexibility index (Phi) is 20.5. The third-order valence-electron chi connectivity index (χ3n) is 3.21. The molecule has 0 aromatic carbocycles. The smallest absolute Gasteiger partial charge is 0.876 e. The van der Waals surface area contributed by atoms with Crippen molar-refractivity contribution < 1.29 is 45.9 Å². The van der Waals surface area contributed by atoms with E-state index in [4.69, 9.17) is 9.30 Å². The van der Waals surface area contributed by atoms with Gasteiger partial charge >= 0.3 is 40.8 Å². The van der Waals surface area contributed by atoms with E-state index in [-0.39, 0.29) is 46.6 Å². The van der Waals surface area contributed by atoms with Crippen molar-refractivity contribution in [3.63, 3.8) is 0 Å². The number of pyridine rings is 1. The van der Waals surface area contributed by atoms with Gasteiger partial charge in [-0.05, 0) is 19.1 Å². The van der Waals surface area contributed by atoms with Crippen LogP contribution in [0.5, 0.6) is 0 Å². The predicted octanol–water partition coefficient (Wildman–Crippen LogP) is 7.41. The van der Waals surface area contributed by atoms with Crippen molar-refractivity contribution in [3.8, 4) is 0 Å². The summed E-state index contributed by atoms with van der Waals surface area (Å²) in [6.45, 7) is 31.6. The van der Waals surface area contributed by atoms with E-state index in [1.54, 1.807) is 12.3 Å². The van der Waals surface area contributed by atoms with Crippen LogP contribution < -0.4 is 5.11 Å². The Hall–Kier alpha value is 0.498. The summed E-state index contributed by atoms with van der Waals surface area (Å²) >= 11 is 0. The molecule has 193 valence electrons. The molecule has 0 amide bonds. The first-order chi connectivity index (χ1) is 14.6. The van der Waals surface area contributed by atoms with E-state index in [0.717, 1.165) is 17.8 Å². The van der Waals surface area contributed by atoms with Crippen LogP contribution in [0.1, 0.15) is 19.5 Å². The zero-order valence-electron chi connectivity index (χ0n) is 24.5. The van der Waals surface area contributed by atoms with Crippen molar-refractivity contribution in [2.45, 2.75) is 98.8 Å². The molecule has 1 radical (unpaired) electrons. The number of aliphatic imine (C=N–C) groups is 1. The minimum atomic E-state index is -1.11.